The molecule has 0 bridgehead atoms. The zero-order valence-electron chi connectivity index (χ0n) is 15.8. The number of fused-ring (bicyclic) bond motifs is 1. The summed E-state index contributed by atoms with van der Waals surface area (Å²) in [5.74, 6) is 0.00910. The van der Waals surface area contributed by atoms with Gasteiger partial charge in [0.25, 0.3) is 0 Å². The van der Waals surface area contributed by atoms with Crippen molar-refractivity contribution in [2.75, 3.05) is 31.1 Å². The average Bonchev–Trinajstić information content (AvgIpc) is 3.31. The highest BCUT2D eigenvalue weighted by molar-refractivity contribution is 5.93. The quantitative estimate of drug-likeness (QED) is 0.755. The lowest BCUT2D eigenvalue weighted by Gasteiger charge is -2.40. The Bertz CT molecular complexity index is 1010. The number of hydrogen-bond donors (Lipinski definition) is 1. The highest BCUT2D eigenvalue weighted by Gasteiger charge is 2.37. The molecule has 1 N–H and O–H groups in total. The highest BCUT2D eigenvalue weighted by Crippen LogP contribution is 2.33. The molecule has 2 aliphatic rings. The Kier molecular flexibility index (Phi) is 4.07. The largest absolute Gasteiger partial charge is 0.367 e. The number of carbonyl (C=O) groups excluding carboxylic acids is 1. The molecule has 0 radical (unpaired) electrons. The Balaban J connectivity index is 1.34. The summed E-state index contributed by atoms with van der Waals surface area (Å²) in [6.07, 6.45) is 5.61. The van der Waals surface area contributed by atoms with Gasteiger partial charge in [-0.25, -0.2) is 9.37 Å². The first kappa shape index (κ1) is 17.2. The predicted molar refractivity (Wildman–Crippen MR) is 105 cm³/mol. The number of rotatable bonds is 3. The number of aromatic nitrogens is 4. The van der Waals surface area contributed by atoms with Crippen LogP contribution in [0.25, 0.3) is 22.3 Å². The smallest absolute Gasteiger partial charge is 0.226 e. The van der Waals surface area contributed by atoms with E-state index in [0.717, 1.165) is 41.1 Å². The first-order chi connectivity index (χ1) is 13.6. The molecule has 5 rings (SSSR count). The molecule has 1 saturated heterocycles. The highest BCUT2D eigenvalue weighted by atomic mass is 19.1. The minimum absolute atomic E-state index is 0.110. The number of aryl methyl sites for hydroxylation is 1. The molecule has 7 nitrogen and oxygen atoms in total. The normalized spacial score (nSPS) is 22.5. The lowest BCUT2D eigenvalue weighted by Crippen LogP contribution is -2.52. The van der Waals surface area contributed by atoms with Crippen LogP contribution in [-0.4, -0.2) is 62.9 Å². The molecule has 0 aromatic carbocycles. The van der Waals surface area contributed by atoms with Gasteiger partial charge in [-0.1, -0.05) is 0 Å². The molecule has 0 spiro atoms. The number of halogens is 1. The summed E-state index contributed by atoms with van der Waals surface area (Å²) in [6.45, 7) is 2.89. The van der Waals surface area contributed by atoms with Crippen LogP contribution in [0.1, 0.15) is 12.8 Å². The number of aromatic amines is 1. The number of anilines is 1. The van der Waals surface area contributed by atoms with Crippen LogP contribution < -0.4 is 4.90 Å². The van der Waals surface area contributed by atoms with Crippen LogP contribution in [0.4, 0.5) is 10.1 Å². The number of alkyl halides is 1. The maximum Gasteiger partial charge on any atom is 0.226 e. The SMILES string of the molecule is Cn1cc(-c2cc3c(N4CCN(C(=O)[C@H]5C[C@H](F)C5)CC4)ccnc3[nH]2)cn1. The van der Waals surface area contributed by atoms with Crippen molar-refractivity contribution in [1.82, 2.24) is 24.6 Å². The number of nitrogens with zero attached hydrogens (tertiary/aromatic N) is 5. The Hall–Kier alpha value is -2.90. The van der Waals surface area contributed by atoms with Crippen LogP contribution in [0.3, 0.4) is 0 Å². The van der Waals surface area contributed by atoms with Gasteiger partial charge < -0.3 is 14.8 Å². The second kappa shape index (κ2) is 6.61. The van der Waals surface area contributed by atoms with Gasteiger partial charge in [0, 0.05) is 68.2 Å². The summed E-state index contributed by atoms with van der Waals surface area (Å²) in [6, 6.07) is 4.14. The summed E-state index contributed by atoms with van der Waals surface area (Å²) >= 11 is 0. The van der Waals surface area contributed by atoms with Gasteiger partial charge in [-0.3, -0.25) is 9.48 Å². The van der Waals surface area contributed by atoms with Crippen LogP contribution in [0.5, 0.6) is 0 Å². The Morgan fingerprint density at radius 3 is 2.71 bits per heavy atom. The molecule has 1 saturated carbocycles. The van der Waals surface area contributed by atoms with Crippen molar-refractivity contribution < 1.29 is 9.18 Å². The molecule has 146 valence electrons. The van der Waals surface area contributed by atoms with Crippen molar-refractivity contribution in [3.63, 3.8) is 0 Å². The standard InChI is InChI=1S/C20H23FN6O/c1-25-12-14(11-23-25)17-10-16-18(2-3-22-19(16)24-17)26-4-6-27(7-5-26)20(28)13-8-15(21)9-13/h2-3,10-13,15H,4-9H2,1H3,(H,22,24)/t13-,15-. The Morgan fingerprint density at radius 2 is 2.04 bits per heavy atom. The van der Waals surface area contributed by atoms with Crippen molar-refractivity contribution in [3.8, 4) is 11.3 Å². The summed E-state index contributed by atoms with van der Waals surface area (Å²) in [5, 5.41) is 5.31. The number of amides is 1. The van der Waals surface area contributed by atoms with E-state index in [1.165, 1.54) is 0 Å². The van der Waals surface area contributed by atoms with Gasteiger partial charge in [0.1, 0.15) is 11.8 Å². The zero-order valence-corrected chi connectivity index (χ0v) is 15.8. The van der Waals surface area contributed by atoms with Crippen LogP contribution >= 0.6 is 0 Å². The molecule has 1 aliphatic heterocycles. The van der Waals surface area contributed by atoms with Crippen molar-refractivity contribution in [3.05, 3.63) is 30.7 Å². The second-order valence-electron chi connectivity index (χ2n) is 7.76. The maximum atomic E-state index is 13.1. The fourth-order valence-corrected chi connectivity index (χ4v) is 4.18. The fraction of sp³-hybridized carbons (Fsp3) is 0.450. The van der Waals surface area contributed by atoms with Crippen molar-refractivity contribution in [1.29, 1.82) is 0 Å². The van der Waals surface area contributed by atoms with Gasteiger partial charge in [-0.15, -0.1) is 0 Å². The first-order valence-corrected chi connectivity index (χ1v) is 9.73. The molecule has 3 aromatic heterocycles. The number of carbonyl (C=O) groups is 1. The monoisotopic (exact) mass is 382 g/mol. The lowest BCUT2D eigenvalue weighted by molar-refractivity contribution is -0.140. The van der Waals surface area contributed by atoms with Crippen LogP contribution in [0.15, 0.2) is 30.7 Å². The van der Waals surface area contributed by atoms with E-state index in [1.807, 2.05) is 36.6 Å². The molecule has 2 fully saturated rings. The van der Waals surface area contributed by atoms with Crippen LogP contribution in [-0.2, 0) is 11.8 Å². The van der Waals surface area contributed by atoms with E-state index in [1.54, 1.807) is 4.68 Å². The predicted octanol–water partition coefficient (Wildman–Crippen LogP) is 2.36. The van der Waals surface area contributed by atoms with Gasteiger partial charge in [0.05, 0.1) is 11.9 Å². The molecular formula is C20H23FN6O. The van der Waals surface area contributed by atoms with Crippen LogP contribution in [0.2, 0.25) is 0 Å². The molecule has 1 aliphatic carbocycles. The van der Waals surface area contributed by atoms with Gasteiger partial charge in [0.15, 0.2) is 0 Å². The minimum Gasteiger partial charge on any atom is -0.367 e. The van der Waals surface area contributed by atoms with Crippen molar-refractivity contribution in [2.45, 2.75) is 19.0 Å². The maximum absolute atomic E-state index is 13.1. The molecule has 0 atom stereocenters. The van der Waals surface area contributed by atoms with E-state index in [4.69, 9.17) is 0 Å². The third-order valence-corrected chi connectivity index (χ3v) is 5.89. The summed E-state index contributed by atoms with van der Waals surface area (Å²) in [4.78, 5) is 24.5. The van der Waals surface area contributed by atoms with Gasteiger partial charge in [0.2, 0.25) is 5.91 Å². The zero-order chi connectivity index (χ0) is 19.3. The lowest BCUT2D eigenvalue weighted by atomic mass is 9.82. The van der Waals surface area contributed by atoms with Gasteiger partial charge in [-0.05, 0) is 25.0 Å². The second-order valence-corrected chi connectivity index (χ2v) is 7.76. The minimum atomic E-state index is -0.789. The van der Waals surface area contributed by atoms with E-state index in [9.17, 15) is 9.18 Å². The van der Waals surface area contributed by atoms with E-state index in [2.05, 4.69) is 26.0 Å². The fourth-order valence-electron chi connectivity index (χ4n) is 4.18. The van der Waals surface area contributed by atoms with E-state index >= 15 is 0 Å². The van der Waals surface area contributed by atoms with E-state index in [-0.39, 0.29) is 11.8 Å². The molecular weight excluding hydrogens is 359 g/mol. The Labute approximate surface area is 162 Å². The van der Waals surface area contributed by atoms with E-state index in [0.29, 0.717) is 25.9 Å². The molecule has 0 unspecified atom stereocenters. The van der Waals surface area contributed by atoms with Crippen molar-refractivity contribution in [2.24, 2.45) is 13.0 Å². The Morgan fingerprint density at radius 1 is 1.25 bits per heavy atom. The number of piperazine rings is 1. The number of nitrogens with one attached hydrogen (secondary N) is 1. The third-order valence-electron chi connectivity index (χ3n) is 5.89. The van der Waals surface area contributed by atoms with Crippen molar-refractivity contribution >= 4 is 22.6 Å². The number of hydrogen-bond acceptors (Lipinski definition) is 4. The summed E-state index contributed by atoms with van der Waals surface area (Å²) in [5.41, 5.74) is 3.98. The first-order valence-electron chi connectivity index (χ1n) is 9.73. The van der Waals surface area contributed by atoms with Gasteiger partial charge in [-0.2, -0.15) is 5.10 Å². The molecule has 8 heteroatoms. The van der Waals surface area contributed by atoms with Crippen LogP contribution in [0, 0.1) is 5.92 Å². The number of pyridine rings is 1. The molecule has 28 heavy (non-hydrogen) atoms. The molecule has 3 aromatic rings. The topological polar surface area (TPSA) is 70.1 Å². The summed E-state index contributed by atoms with van der Waals surface area (Å²) in [7, 11) is 1.90. The number of H-pyrrole nitrogens is 1. The summed E-state index contributed by atoms with van der Waals surface area (Å²) < 4.78 is 14.8. The molecule has 4 heterocycles. The van der Waals surface area contributed by atoms with E-state index < -0.39 is 6.17 Å². The average molecular weight is 382 g/mol. The van der Waals surface area contributed by atoms with Gasteiger partial charge >= 0.3 is 0 Å². The third kappa shape index (κ3) is 2.93. The molecule has 1 amide bonds.